The van der Waals surface area contributed by atoms with Gasteiger partial charge in [0.15, 0.2) is 0 Å². The Hall–Kier alpha value is -1.12. The van der Waals surface area contributed by atoms with Gasteiger partial charge in [0, 0.05) is 37.2 Å². The highest BCUT2D eigenvalue weighted by atomic mass is 35.5. The van der Waals surface area contributed by atoms with Crippen LogP contribution < -0.4 is 0 Å². The molecule has 1 saturated carbocycles. The Morgan fingerprint density at radius 2 is 2.30 bits per heavy atom. The molecule has 5 heteroatoms. The Labute approximate surface area is 142 Å². The molecule has 2 fully saturated rings. The molecule has 124 valence electrons. The number of nitrogens with zero attached hydrogens (tertiary/aromatic N) is 2. The zero-order valence-corrected chi connectivity index (χ0v) is 14.3. The molecule has 0 N–H and O–H groups in total. The monoisotopic (exact) mass is 334 g/mol. The summed E-state index contributed by atoms with van der Waals surface area (Å²) in [5, 5.41) is 9.97. The van der Waals surface area contributed by atoms with E-state index in [1.54, 1.807) is 6.07 Å². The van der Waals surface area contributed by atoms with Gasteiger partial charge < -0.3 is 9.47 Å². The third-order valence-electron chi connectivity index (χ3n) is 5.15. The summed E-state index contributed by atoms with van der Waals surface area (Å²) in [6.07, 6.45) is 3.87. The van der Waals surface area contributed by atoms with E-state index in [1.165, 1.54) is 12.8 Å². The summed E-state index contributed by atoms with van der Waals surface area (Å²) in [5.41, 5.74) is 1.70. The first-order valence-corrected chi connectivity index (χ1v) is 8.64. The standard InChI is InChI=1S/C18H23ClN2O2/c1-22-18-4-2-3-16(18)17-12-23-8-7-21(17)11-13-5-6-15(19)9-14(13)10-20/h5-6,9,16-18H,2-4,7-8,11-12H2,1H3/t16-,17+,18-/m1/s1. The van der Waals surface area contributed by atoms with Crippen LogP contribution in [0.15, 0.2) is 18.2 Å². The molecule has 0 spiro atoms. The molecule has 3 rings (SSSR count). The highest BCUT2D eigenvalue weighted by molar-refractivity contribution is 6.30. The Morgan fingerprint density at radius 3 is 3.09 bits per heavy atom. The van der Waals surface area contributed by atoms with Crippen LogP contribution in [0.5, 0.6) is 0 Å². The minimum absolute atomic E-state index is 0.324. The van der Waals surface area contributed by atoms with Crippen molar-refractivity contribution in [1.29, 1.82) is 5.26 Å². The van der Waals surface area contributed by atoms with Gasteiger partial charge in [0.2, 0.25) is 0 Å². The van der Waals surface area contributed by atoms with E-state index in [0.29, 0.717) is 28.6 Å². The lowest BCUT2D eigenvalue weighted by molar-refractivity contribution is -0.0608. The molecule has 0 radical (unpaired) electrons. The SMILES string of the molecule is CO[C@@H]1CCC[C@@H]1[C@@H]1COCCN1Cc1ccc(Cl)cc1C#N. The molecule has 0 unspecified atom stereocenters. The molecule has 3 atom stereocenters. The lowest BCUT2D eigenvalue weighted by Gasteiger charge is -2.40. The van der Waals surface area contributed by atoms with Gasteiger partial charge in [-0.15, -0.1) is 0 Å². The van der Waals surface area contributed by atoms with Crippen LogP contribution in [0.1, 0.15) is 30.4 Å². The van der Waals surface area contributed by atoms with Gasteiger partial charge in [-0.05, 0) is 30.5 Å². The maximum absolute atomic E-state index is 9.36. The molecule has 0 aromatic heterocycles. The molecule has 1 aromatic rings. The van der Waals surface area contributed by atoms with Crippen molar-refractivity contribution >= 4 is 11.6 Å². The van der Waals surface area contributed by atoms with Crippen LogP contribution in [0.4, 0.5) is 0 Å². The molecule has 0 bridgehead atoms. The molecule has 1 saturated heterocycles. The van der Waals surface area contributed by atoms with Gasteiger partial charge in [-0.25, -0.2) is 0 Å². The van der Waals surface area contributed by atoms with Gasteiger partial charge in [-0.2, -0.15) is 5.26 Å². The second-order valence-corrected chi connectivity index (χ2v) is 6.83. The topological polar surface area (TPSA) is 45.5 Å². The first-order chi connectivity index (χ1) is 11.2. The fourth-order valence-corrected chi connectivity index (χ4v) is 4.12. The smallest absolute Gasteiger partial charge is 0.0995 e. The highest BCUT2D eigenvalue weighted by Crippen LogP contribution is 2.34. The first kappa shape index (κ1) is 16.7. The van der Waals surface area contributed by atoms with Crippen LogP contribution in [0.25, 0.3) is 0 Å². The fraction of sp³-hybridized carbons (Fsp3) is 0.611. The predicted molar refractivity (Wildman–Crippen MR) is 89.3 cm³/mol. The maximum atomic E-state index is 9.36. The zero-order chi connectivity index (χ0) is 16.2. The maximum Gasteiger partial charge on any atom is 0.0995 e. The molecular weight excluding hydrogens is 312 g/mol. The van der Waals surface area contributed by atoms with Gasteiger partial charge in [0.05, 0.1) is 31.0 Å². The van der Waals surface area contributed by atoms with Gasteiger partial charge in [-0.1, -0.05) is 24.1 Å². The Morgan fingerprint density at radius 1 is 1.43 bits per heavy atom. The van der Waals surface area contributed by atoms with Gasteiger partial charge in [0.25, 0.3) is 0 Å². The number of halogens is 1. The molecular formula is C18H23ClN2O2. The average molecular weight is 335 g/mol. The van der Waals surface area contributed by atoms with E-state index in [-0.39, 0.29) is 0 Å². The van der Waals surface area contributed by atoms with Crippen molar-refractivity contribution in [2.45, 2.75) is 38.0 Å². The molecule has 1 aromatic carbocycles. The van der Waals surface area contributed by atoms with Crippen LogP contribution >= 0.6 is 11.6 Å². The van der Waals surface area contributed by atoms with E-state index in [9.17, 15) is 5.26 Å². The van der Waals surface area contributed by atoms with Gasteiger partial charge in [0.1, 0.15) is 0 Å². The minimum Gasteiger partial charge on any atom is -0.381 e. The summed E-state index contributed by atoms with van der Waals surface area (Å²) >= 11 is 6.01. The molecule has 0 amide bonds. The summed E-state index contributed by atoms with van der Waals surface area (Å²) in [6, 6.07) is 8.20. The van der Waals surface area contributed by atoms with Gasteiger partial charge >= 0.3 is 0 Å². The van der Waals surface area contributed by atoms with E-state index in [4.69, 9.17) is 21.1 Å². The lowest BCUT2D eigenvalue weighted by atomic mass is 9.93. The first-order valence-electron chi connectivity index (χ1n) is 8.26. The van der Waals surface area contributed by atoms with E-state index >= 15 is 0 Å². The molecule has 2 aliphatic rings. The normalized spacial score (nSPS) is 28.7. The summed E-state index contributed by atoms with van der Waals surface area (Å²) in [6.45, 7) is 3.16. The number of hydrogen-bond donors (Lipinski definition) is 0. The second-order valence-electron chi connectivity index (χ2n) is 6.39. The van der Waals surface area contributed by atoms with Crippen LogP contribution in [-0.4, -0.2) is 43.9 Å². The van der Waals surface area contributed by atoms with Crippen LogP contribution in [0.3, 0.4) is 0 Å². The van der Waals surface area contributed by atoms with Crippen LogP contribution in [0.2, 0.25) is 5.02 Å². The summed E-state index contributed by atoms with van der Waals surface area (Å²) in [4.78, 5) is 2.45. The summed E-state index contributed by atoms with van der Waals surface area (Å²) < 4.78 is 11.4. The predicted octanol–water partition coefficient (Wildman–Crippen LogP) is 3.23. The Balaban J connectivity index is 1.78. The van der Waals surface area contributed by atoms with E-state index in [0.717, 1.165) is 38.3 Å². The number of hydrogen-bond acceptors (Lipinski definition) is 4. The number of morpholine rings is 1. The minimum atomic E-state index is 0.324. The molecule has 1 aliphatic heterocycles. The van der Waals surface area contributed by atoms with E-state index < -0.39 is 0 Å². The molecule has 1 heterocycles. The molecule has 23 heavy (non-hydrogen) atoms. The van der Waals surface area contributed by atoms with Crippen LogP contribution in [-0.2, 0) is 16.0 Å². The summed E-state index contributed by atoms with van der Waals surface area (Å²) in [5.74, 6) is 0.512. The number of benzene rings is 1. The highest BCUT2D eigenvalue weighted by Gasteiger charge is 2.38. The largest absolute Gasteiger partial charge is 0.381 e. The number of ether oxygens (including phenoxy) is 2. The molecule has 1 aliphatic carbocycles. The van der Waals surface area contributed by atoms with Gasteiger partial charge in [-0.3, -0.25) is 4.90 Å². The van der Waals surface area contributed by atoms with Crippen molar-refractivity contribution in [3.8, 4) is 6.07 Å². The lowest BCUT2D eigenvalue weighted by Crippen LogP contribution is -2.50. The quantitative estimate of drug-likeness (QED) is 0.848. The van der Waals surface area contributed by atoms with Crippen molar-refractivity contribution in [2.24, 2.45) is 5.92 Å². The van der Waals surface area contributed by atoms with E-state index in [2.05, 4.69) is 11.0 Å². The Kier molecular flexibility index (Phi) is 5.55. The number of rotatable bonds is 4. The molecule has 4 nitrogen and oxygen atoms in total. The van der Waals surface area contributed by atoms with Crippen molar-refractivity contribution in [1.82, 2.24) is 4.90 Å². The number of methoxy groups -OCH3 is 1. The number of nitriles is 1. The van der Waals surface area contributed by atoms with E-state index in [1.807, 2.05) is 19.2 Å². The third kappa shape index (κ3) is 3.70. The van der Waals surface area contributed by atoms with Crippen LogP contribution in [0, 0.1) is 17.2 Å². The van der Waals surface area contributed by atoms with Crippen molar-refractivity contribution < 1.29 is 9.47 Å². The zero-order valence-electron chi connectivity index (χ0n) is 13.5. The average Bonchev–Trinajstić information content (AvgIpc) is 3.05. The summed E-state index contributed by atoms with van der Waals surface area (Å²) in [7, 11) is 1.81. The third-order valence-corrected chi connectivity index (χ3v) is 5.38. The van der Waals surface area contributed by atoms with Crippen molar-refractivity contribution in [3.63, 3.8) is 0 Å². The van der Waals surface area contributed by atoms with Crippen molar-refractivity contribution in [2.75, 3.05) is 26.9 Å². The Bertz CT molecular complexity index is 587. The second kappa shape index (κ2) is 7.63. The fourth-order valence-electron chi connectivity index (χ4n) is 3.94. The van der Waals surface area contributed by atoms with Crippen molar-refractivity contribution in [3.05, 3.63) is 34.3 Å².